The van der Waals surface area contributed by atoms with Crippen LogP contribution < -0.4 is 0 Å². The van der Waals surface area contributed by atoms with E-state index in [1.807, 2.05) is 6.07 Å². The number of benzene rings is 10. The fourth-order valence-electron chi connectivity index (χ4n) is 8.59. The van der Waals surface area contributed by atoms with Crippen LogP contribution in [0.4, 0.5) is 0 Å². The molecule has 1 heteroatoms. The van der Waals surface area contributed by atoms with E-state index in [4.69, 9.17) is 4.42 Å². The molecule has 53 heavy (non-hydrogen) atoms. The van der Waals surface area contributed by atoms with Gasteiger partial charge in [0.1, 0.15) is 11.2 Å². The third-order valence-electron chi connectivity index (χ3n) is 11.0. The van der Waals surface area contributed by atoms with Crippen molar-refractivity contribution in [3.8, 4) is 44.5 Å². The quantitative estimate of drug-likeness (QED) is 0.170. The average molecular weight is 673 g/mol. The highest BCUT2D eigenvalue weighted by molar-refractivity contribution is 6.22. The van der Waals surface area contributed by atoms with Crippen LogP contribution in [0.3, 0.4) is 0 Å². The van der Waals surface area contributed by atoms with Crippen molar-refractivity contribution < 1.29 is 4.42 Å². The van der Waals surface area contributed by atoms with Crippen LogP contribution in [0.5, 0.6) is 0 Å². The van der Waals surface area contributed by atoms with Gasteiger partial charge in [-0.25, -0.2) is 0 Å². The van der Waals surface area contributed by atoms with Crippen LogP contribution in [0.15, 0.2) is 199 Å². The zero-order valence-corrected chi connectivity index (χ0v) is 28.9. The summed E-state index contributed by atoms with van der Waals surface area (Å²) in [5.74, 6) is 0. The normalized spacial score (nSPS) is 11.8. The van der Waals surface area contributed by atoms with Crippen molar-refractivity contribution in [3.63, 3.8) is 0 Å². The molecule has 0 N–H and O–H groups in total. The molecule has 11 aromatic rings. The van der Waals surface area contributed by atoms with Gasteiger partial charge in [0.25, 0.3) is 0 Å². The molecule has 0 amide bonds. The summed E-state index contributed by atoms with van der Waals surface area (Å²) in [7, 11) is 0. The molecular weight excluding hydrogens is 641 g/mol. The van der Waals surface area contributed by atoms with Crippen LogP contribution in [0.1, 0.15) is 0 Å². The fraction of sp³-hybridized carbons (Fsp3) is 0. The Bertz CT molecular complexity index is 3160. The predicted molar refractivity (Wildman–Crippen MR) is 225 cm³/mol. The van der Waals surface area contributed by atoms with Gasteiger partial charge in [-0.1, -0.05) is 170 Å². The molecule has 0 bridgehead atoms. The van der Waals surface area contributed by atoms with E-state index in [2.05, 4.69) is 188 Å². The molecule has 0 saturated carbocycles. The molecule has 0 unspecified atom stereocenters. The minimum atomic E-state index is 0.910. The molecule has 0 spiro atoms. The Morgan fingerprint density at radius 3 is 1.45 bits per heavy atom. The van der Waals surface area contributed by atoms with Gasteiger partial charge in [-0.2, -0.15) is 0 Å². The molecular formula is C52H32O. The topological polar surface area (TPSA) is 13.1 Å². The van der Waals surface area contributed by atoms with Crippen LogP contribution in [0, 0.1) is 0 Å². The van der Waals surface area contributed by atoms with Gasteiger partial charge < -0.3 is 4.42 Å². The zero-order chi connectivity index (χ0) is 34.9. The molecule has 0 aliphatic carbocycles. The average Bonchev–Trinajstić information content (AvgIpc) is 3.59. The van der Waals surface area contributed by atoms with Crippen molar-refractivity contribution in [2.75, 3.05) is 0 Å². The van der Waals surface area contributed by atoms with E-state index in [1.54, 1.807) is 0 Å². The lowest BCUT2D eigenvalue weighted by Gasteiger charge is -2.18. The Kier molecular flexibility index (Phi) is 6.62. The lowest BCUT2D eigenvalue weighted by Crippen LogP contribution is -1.91. The molecule has 11 rings (SSSR count). The third-order valence-corrected chi connectivity index (χ3v) is 11.0. The second-order valence-corrected chi connectivity index (χ2v) is 14.0. The van der Waals surface area contributed by atoms with Crippen LogP contribution in [0.25, 0.3) is 110 Å². The summed E-state index contributed by atoms with van der Waals surface area (Å²) in [6, 6.07) is 70.5. The van der Waals surface area contributed by atoms with E-state index < -0.39 is 0 Å². The number of hydrogen-bond donors (Lipinski definition) is 0. The molecule has 1 nitrogen and oxygen atoms in total. The van der Waals surface area contributed by atoms with Crippen LogP contribution in [-0.2, 0) is 0 Å². The number of furan rings is 1. The SMILES string of the molecule is c1cc(-c2c3ccccc3c(-c3ccc(-c4ccc5ccccc5c4)cc3)c3ccccc23)cc(-c2c3ccccc3cc3c2oc2ccccc23)c1. The highest BCUT2D eigenvalue weighted by Crippen LogP contribution is 2.46. The maximum Gasteiger partial charge on any atom is 0.143 e. The van der Waals surface area contributed by atoms with Crippen molar-refractivity contribution in [1.29, 1.82) is 0 Å². The predicted octanol–water partition coefficient (Wildman–Crippen LogP) is 14.9. The first-order chi connectivity index (χ1) is 26.3. The van der Waals surface area contributed by atoms with Crippen molar-refractivity contribution in [2.45, 2.75) is 0 Å². The molecule has 10 aromatic carbocycles. The Labute approximate surface area is 307 Å². The van der Waals surface area contributed by atoms with Gasteiger partial charge in [-0.05, 0) is 106 Å². The molecule has 1 heterocycles. The Morgan fingerprint density at radius 2 is 0.755 bits per heavy atom. The fourth-order valence-corrected chi connectivity index (χ4v) is 8.59. The van der Waals surface area contributed by atoms with Gasteiger partial charge >= 0.3 is 0 Å². The van der Waals surface area contributed by atoms with Gasteiger partial charge in [0, 0.05) is 16.3 Å². The van der Waals surface area contributed by atoms with Crippen molar-refractivity contribution >= 4 is 65.0 Å². The maximum absolute atomic E-state index is 6.65. The Morgan fingerprint density at radius 1 is 0.245 bits per heavy atom. The molecule has 0 radical (unpaired) electrons. The molecule has 246 valence electrons. The van der Waals surface area contributed by atoms with Crippen LogP contribution >= 0.6 is 0 Å². The lowest BCUT2D eigenvalue weighted by atomic mass is 9.85. The molecule has 0 aliphatic rings. The molecule has 1 aromatic heterocycles. The van der Waals surface area contributed by atoms with E-state index in [9.17, 15) is 0 Å². The monoisotopic (exact) mass is 672 g/mol. The first-order valence-electron chi connectivity index (χ1n) is 18.3. The van der Waals surface area contributed by atoms with E-state index >= 15 is 0 Å². The summed E-state index contributed by atoms with van der Waals surface area (Å²) in [6.45, 7) is 0. The highest BCUT2D eigenvalue weighted by atomic mass is 16.3. The third kappa shape index (κ3) is 4.71. The second kappa shape index (κ2) is 11.8. The van der Waals surface area contributed by atoms with E-state index in [0.717, 1.165) is 33.1 Å². The first-order valence-corrected chi connectivity index (χ1v) is 18.3. The lowest BCUT2D eigenvalue weighted by molar-refractivity contribution is 0.670. The number of rotatable bonds is 4. The summed E-state index contributed by atoms with van der Waals surface area (Å²) in [4.78, 5) is 0. The highest BCUT2D eigenvalue weighted by Gasteiger charge is 2.20. The summed E-state index contributed by atoms with van der Waals surface area (Å²) < 4.78 is 6.65. The van der Waals surface area contributed by atoms with E-state index in [-0.39, 0.29) is 0 Å². The first kappa shape index (κ1) is 29.7. The summed E-state index contributed by atoms with van der Waals surface area (Å²) in [6.07, 6.45) is 0. The van der Waals surface area contributed by atoms with Crippen molar-refractivity contribution in [2.24, 2.45) is 0 Å². The Balaban J connectivity index is 1.11. The summed E-state index contributed by atoms with van der Waals surface area (Å²) >= 11 is 0. The standard InChI is InChI=1S/C52H32O/c1-2-13-36-30-37(29-26-33(36)12-1)34-24-27-35(28-25-34)49-43-19-5-7-21-45(43)50(46-22-8-6-20-44(46)49)39-15-11-16-40(31-39)51-41-17-4-3-14-38(41)32-47-42-18-9-10-23-48(42)53-52(47)51/h1-32H. The van der Waals surface area contributed by atoms with Gasteiger partial charge in [-0.15, -0.1) is 0 Å². The maximum atomic E-state index is 6.65. The smallest absolute Gasteiger partial charge is 0.143 e. The zero-order valence-electron chi connectivity index (χ0n) is 28.9. The van der Waals surface area contributed by atoms with Crippen LogP contribution in [0.2, 0.25) is 0 Å². The van der Waals surface area contributed by atoms with Gasteiger partial charge in [0.2, 0.25) is 0 Å². The van der Waals surface area contributed by atoms with Crippen LogP contribution in [-0.4, -0.2) is 0 Å². The van der Waals surface area contributed by atoms with Crippen molar-refractivity contribution in [1.82, 2.24) is 0 Å². The van der Waals surface area contributed by atoms with Gasteiger partial charge in [0.05, 0.1) is 0 Å². The minimum Gasteiger partial charge on any atom is -0.455 e. The second-order valence-electron chi connectivity index (χ2n) is 14.0. The summed E-state index contributed by atoms with van der Waals surface area (Å²) in [5, 5.41) is 12.2. The van der Waals surface area contributed by atoms with Gasteiger partial charge in [-0.3, -0.25) is 0 Å². The number of fused-ring (bicyclic) bond motifs is 7. The molecule has 0 saturated heterocycles. The number of para-hydroxylation sites is 1. The van der Waals surface area contributed by atoms with Gasteiger partial charge in [0.15, 0.2) is 0 Å². The largest absolute Gasteiger partial charge is 0.455 e. The summed E-state index contributed by atoms with van der Waals surface area (Å²) in [5.41, 5.74) is 11.5. The minimum absolute atomic E-state index is 0.910. The van der Waals surface area contributed by atoms with Crippen molar-refractivity contribution in [3.05, 3.63) is 194 Å². The molecule has 0 atom stereocenters. The van der Waals surface area contributed by atoms with E-state index in [1.165, 1.54) is 76.5 Å². The van der Waals surface area contributed by atoms with E-state index in [0.29, 0.717) is 0 Å². The molecule has 0 fully saturated rings. The molecule has 0 aliphatic heterocycles. The number of hydrogen-bond acceptors (Lipinski definition) is 1. The Hall–Kier alpha value is -6.96.